The van der Waals surface area contributed by atoms with Gasteiger partial charge < -0.3 is 0 Å². The van der Waals surface area contributed by atoms with E-state index in [1.54, 1.807) is 0 Å². The van der Waals surface area contributed by atoms with Crippen LogP contribution in [0.15, 0.2) is 42.5 Å². The molecule has 1 heteroatoms. The molecule has 2 aliphatic rings. The fourth-order valence-electron chi connectivity index (χ4n) is 1.86. The topological polar surface area (TPSA) is 0 Å². The molecule has 73 valence electrons. The van der Waals surface area contributed by atoms with E-state index in [1.165, 1.54) is 36.0 Å². The molecule has 1 radical (unpaired) electrons. The summed E-state index contributed by atoms with van der Waals surface area (Å²) in [4.78, 5) is 0. The molecule has 0 saturated carbocycles. The second-order valence-electron chi connectivity index (χ2n) is 3.74. The normalized spacial score (nSPS) is 9.93. The molecule has 0 spiro atoms. The maximum atomic E-state index is 2.26. The van der Waals surface area contributed by atoms with Crippen molar-refractivity contribution in [1.82, 2.24) is 0 Å². The molecule has 0 fully saturated rings. The Morgan fingerprint density at radius 2 is 1.73 bits per heavy atom. The van der Waals surface area contributed by atoms with Gasteiger partial charge >= 0.3 is 0 Å². The molecule has 0 aromatic heterocycles. The van der Waals surface area contributed by atoms with E-state index in [0.29, 0.717) is 0 Å². The Hall–Kier alpha value is -0.300. The van der Waals surface area contributed by atoms with Crippen molar-refractivity contribution in [2.24, 2.45) is 0 Å². The average Bonchev–Trinajstić information content (AvgIpc) is 2.45. The third kappa shape index (κ3) is 3.07. The Labute approximate surface area is 114 Å². The smallest absolute Gasteiger partial charge is 0 e. The average molecular weight is 207 g/mol. The van der Waals surface area contributed by atoms with Gasteiger partial charge in [0, 0.05) is 29.6 Å². The molecule has 0 aromatic rings. The summed E-state index contributed by atoms with van der Waals surface area (Å²) in [6, 6.07) is 15.2. The summed E-state index contributed by atoms with van der Waals surface area (Å²) in [5.74, 6) is 0. The van der Waals surface area contributed by atoms with Gasteiger partial charge in [-0.25, -0.2) is 0 Å². The van der Waals surface area contributed by atoms with E-state index >= 15 is 0 Å². The second kappa shape index (κ2) is 6.32. The van der Waals surface area contributed by atoms with Crippen LogP contribution in [0.5, 0.6) is 0 Å². The van der Waals surface area contributed by atoms with Gasteiger partial charge in [0.2, 0.25) is 0 Å². The van der Waals surface area contributed by atoms with Gasteiger partial charge in [0.15, 0.2) is 0 Å². The molecule has 0 aromatic carbocycles. The van der Waals surface area contributed by atoms with Crippen LogP contribution in [-0.4, -0.2) is 29.6 Å². The minimum absolute atomic E-state index is 0. The summed E-state index contributed by atoms with van der Waals surface area (Å²) in [7, 11) is 0. The van der Waals surface area contributed by atoms with Crippen molar-refractivity contribution in [2.45, 2.75) is 26.2 Å². The molecule has 0 aliphatic heterocycles. The van der Waals surface area contributed by atoms with E-state index in [2.05, 4.69) is 49.4 Å². The van der Waals surface area contributed by atoms with Crippen LogP contribution in [0.2, 0.25) is 0 Å². The summed E-state index contributed by atoms with van der Waals surface area (Å²) in [5, 5.41) is 0. The van der Waals surface area contributed by atoms with Crippen LogP contribution >= 0.6 is 0 Å². The van der Waals surface area contributed by atoms with Crippen LogP contribution in [0, 0.1) is 0 Å². The first-order valence-corrected chi connectivity index (χ1v) is 5.38. The van der Waals surface area contributed by atoms with E-state index in [4.69, 9.17) is 0 Å². The van der Waals surface area contributed by atoms with Gasteiger partial charge in [0.1, 0.15) is 0 Å². The van der Waals surface area contributed by atoms with Gasteiger partial charge in [-0.3, -0.25) is 0 Å². The maximum absolute atomic E-state index is 2.26. The van der Waals surface area contributed by atoms with E-state index in [9.17, 15) is 0 Å². The van der Waals surface area contributed by atoms with Gasteiger partial charge in [-0.15, -0.1) is 0 Å². The van der Waals surface area contributed by atoms with Crippen molar-refractivity contribution in [3.8, 4) is 11.1 Å². The van der Waals surface area contributed by atoms with E-state index in [1.807, 2.05) is 0 Å². The number of hydrogen-bond donors (Lipinski definition) is 0. The van der Waals surface area contributed by atoms with Gasteiger partial charge in [0.25, 0.3) is 0 Å². The van der Waals surface area contributed by atoms with E-state index < -0.39 is 0 Å². The molecule has 15 heavy (non-hydrogen) atoms. The molecule has 0 atom stereocenters. The molecule has 0 nitrogen and oxygen atoms in total. The fraction of sp³-hybridized carbons (Fsp3) is 0.286. The Morgan fingerprint density at radius 3 is 2.53 bits per heavy atom. The van der Waals surface area contributed by atoms with Gasteiger partial charge in [-0.2, -0.15) is 0 Å². The Kier molecular flexibility index (Phi) is 5.38. The molecule has 0 bridgehead atoms. The Balaban J connectivity index is 0.00000112. The van der Waals surface area contributed by atoms with E-state index in [0.717, 1.165) is 0 Å². The zero-order valence-electron chi connectivity index (χ0n) is 9.66. The van der Waals surface area contributed by atoms with Crippen molar-refractivity contribution in [3.63, 3.8) is 0 Å². The fourth-order valence-corrected chi connectivity index (χ4v) is 1.86. The Morgan fingerprint density at radius 1 is 0.933 bits per heavy atom. The molecule has 0 unspecified atom stereocenters. The minimum Gasteiger partial charge on any atom is -0.0654 e. The molecule has 2 aliphatic carbocycles. The number of fused-ring (bicyclic) bond motifs is 1. The third-order valence-electron chi connectivity index (χ3n) is 2.68. The molecule has 2 rings (SSSR count). The monoisotopic (exact) mass is 207 g/mol. The van der Waals surface area contributed by atoms with Gasteiger partial charge in [-0.05, 0) is 29.5 Å². The first kappa shape index (κ1) is 12.8. The Bertz CT molecular complexity index is 381. The van der Waals surface area contributed by atoms with Crippen molar-refractivity contribution in [1.29, 1.82) is 0 Å². The van der Waals surface area contributed by atoms with E-state index in [-0.39, 0.29) is 29.6 Å². The first-order chi connectivity index (χ1) is 6.92. The van der Waals surface area contributed by atoms with Gasteiger partial charge in [-0.1, -0.05) is 55.8 Å². The predicted octanol–water partition coefficient (Wildman–Crippen LogP) is 3.75. The summed E-state index contributed by atoms with van der Waals surface area (Å²) >= 11 is 0. The van der Waals surface area contributed by atoms with Gasteiger partial charge in [0.05, 0.1) is 0 Å². The molecule has 0 N–H and O–H groups in total. The minimum atomic E-state index is 0. The second-order valence-corrected chi connectivity index (χ2v) is 3.74. The summed E-state index contributed by atoms with van der Waals surface area (Å²) < 4.78 is 0. The zero-order chi connectivity index (χ0) is 9.80. The van der Waals surface area contributed by atoms with Crippen molar-refractivity contribution >= 4 is 29.6 Å². The molecule has 0 heterocycles. The van der Waals surface area contributed by atoms with Crippen molar-refractivity contribution in [3.05, 3.63) is 48.0 Å². The molecular formula is C14H16Na. The number of hydrogen-bond acceptors (Lipinski definition) is 0. The standard InChI is InChI=1S/C14H16.Na/c1-2-3-7-12-10-11-13-8-5-4-6-9-14(12)13;/h4-6,8-11H,2-3,7H2,1H3;. The maximum Gasteiger partial charge on any atom is 0 e. The van der Waals surface area contributed by atoms with Crippen LogP contribution in [0.4, 0.5) is 0 Å². The summed E-state index contributed by atoms with van der Waals surface area (Å²) in [6.07, 6.45) is 3.77. The van der Waals surface area contributed by atoms with Crippen LogP contribution < -0.4 is 0 Å². The number of rotatable bonds is 3. The number of aryl methyl sites for hydroxylation is 1. The largest absolute Gasteiger partial charge is 0.0654 e. The summed E-state index contributed by atoms with van der Waals surface area (Å²) in [5.41, 5.74) is 4.28. The summed E-state index contributed by atoms with van der Waals surface area (Å²) in [6.45, 7) is 2.24. The van der Waals surface area contributed by atoms with Crippen molar-refractivity contribution in [2.75, 3.05) is 0 Å². The number of unbranched alkanes of at least 4 members (excludes halogenated alkanes) is 1. The zero-order valence-corrected chi connectivity index (χ0v) is 11.7. The molecular weight excluding hydrogens is 191 g/mol. The predicted molar refractivity (Wildman–Crippen MR) is 67.4 cm³/mol. The molecule has 0 saturated heterocycles. The van der Waals surface area contributed by atoms with Crippen LogP contribution in [-0.2, 0) is 6.42 Å². The molecule has 0 amide bonds. The third-order valence-corrected chi connectivity index (χ3v) is 2.68. The van der Waals surface area contributed by atoms with Crippen molar-refractivity contribution < 1.29 is 0 Å². The van der Waals surface area contributed by atoms with Crippen LogP contribution in [0.3, 0.4) is 0 Å². The van der Waals surface area contributed by atoms with Crippen LogP contribution in [0.1, 0.15) is 25.3 Å². The van der Waals surface area contributed by atoms with Crippen LogP contribution in [0.25, 0.3) is 11.1 Å². The SMILES string of the molecule is CCCCc1ccc2cccccc1-2.[Na]. The quantitative estimate of drug-likeness (QED) is 0.672. The first-order valence-electron chi connectivity index (χ1n) is 5.38.